The number of anilines is 3. The highest BCUT2D eigenvalue weighted by Crippen LogP contribution is 2.33. The zero-order chi connectivity index (χ0) is 27.7. The lowest BCUT2D eigenvalue weighted by Gasteiger charge is -2.26. The van der Waals surface area contributed by atoms with E-state index in [2.05, 4.69) is 20.3 Å². The number of halogens is 1. The second kappa shape index (κ2) is 13.7. The summed E-state index contributed by atoms with van der Waals surface area (Å²) >= 11 is 7.79. The molecular weight excluding hydrogens is 548 g/mol. The minimum Gasteiger partial charge on any atom is -0.497 e. The topological polar surface area (TPSA) is 101 Å². The maximum Gasteiger partial charge on any atom is 0.251 e. The Hall–Kier alpha value is -3.57. The Labute approximate surface area is 242 Å². The number of morpholine rings is 1. The third-order valence-corrected chi connectivity index (χ3v) is 7.51. The van der Waals surface area contributed by atoms with Crippen molar-refractivity contribution in [1.29, 1.82) is 0 Å². The standard InChI is InChI=1S/C29H31ClN6O3S/c1-38-21-10-11-23(30)26(19-21)34-27-28(33-25-9-3-2-8-24(25)32-27)35-40-22-7-4-6-20(18-22)29(37)31-12-5-13-36-14-16-39-17-15-36/h2-4,6-11,18-19H,5,12-17H2,1H3,(H,31,37)(H,32,34)(H,33,35). The smallest absolute Gasteiger partial charge is 0.251 e. The van der Waals surface area contributed by atoms with Gasteiger partial charge in [-0.2, -0.15) is 0 Å². The third kappa shape index (κ3) is 7.33. The van der Waals surface area contributed by atoms with Crippen LogP contribution in [0.3, 0.4) is 0 Å². The SMILES string of the molecule is COc1ccc(Cl)c(Nc2nc3ccccc3nc2NSc2cccc(C(=O)NCCCN3CCOCC3)c2)c1. The minimum absolute atomic E-state index is 0.0926. The van der Waals surface area contributed by atoms with Crippen molar-refractivity contribution in [2.45, 2.75) is 11.3 Å². The van der Waals surface area contributed by atoms with Gasteiger partial charge in [0, 0.05) is 36.2 Å². The highest BCUT2D eigenvalue weighted by atomic mass is 35.5. The number of fused-ring (bicyclic) bond motifs is 1. The molecule has 1 aliphatic heterocycles. The summed E-state index contributed by atoms with van der Waals surface area (Å²) < 4.78 is 14.0. The maximum absolute atomic E-state index is 12.8. The zero-order valence-corrected chi connectivity index (χ0v) is 23.7. The van der Waals surface area contributed by atoms with Crippen LogP contribution in [0.4, 0.5) is 17.3 Å². The molecular formula is C29H31ClN6O3S. The predicted octanol–water partition coefficient (Wildman–Crippen LogP) is 5.61. The molecule has 40 heavy (non-hydrogen) atoms. The summed E-state index contributed by atoms with van der Waals surface area (Å²) in [6.07, 6.45) is 0.898. The molecule has 3 aromatic carbocycles. The van der Waals surface area contributed by atoms with Gasteiger partial charge in [-0.15, -0.1) is 0 Å². The summed E-state index contributed by atoms with van der Waals surface area (Å²) in [7, 11) is 1.60. The number of benzene rings is 3. The Morgan fingerprint density at radius 1 is 1.02 bits per heavy atom. The molecule has 1 fully saturated rings. The van der Waals surface area contributed by atoms with E-state index in [1.165, 1.54) is 11.9 Å². The number of nitrogens with zero attached hydrogens (tertiary/aromatic N) is 3. The van der Waals surface area contributed by atoms with E-state index in [0.717, 1.165) is 55.2 Å². The summed E-state index contributed by atoms with van der Waals surface area (Å²) in [6.45, 7) is 5.04. The van der Waals surface area contributed by atoms with Crippen molar-refractivity contribution in [2.24, 2.45) is 0 Å². The first-order valence-corrected chi connectivity index (χ1v) is 14.3. The molecule has 1 saturated heterocycles. The summed E-state index contributed by atoms with van der Waals surface area (Å²) in [5.41, 5.74) is 2.74. The molecule has 0 bridgehead atoms. The molecule has 0 radical (unpaired) electrons. The first kappa shape index (κ1) is 28.0. The van der Waals surface area contributed by atoms with Crippen molar-refractivity contribution in [3.8, 4) is 5.75 Å². The summed E-state index contributed by atoms with van der Waals surface area (Å²) in [4.78, 5) is 25.6. The number of amides is 1. The molecule has 1 aromatic heterocycles. The highest BCUT2D eigenvalue weighted by molar-refractivity contribution is 8.00. The maximum atomic E-state index is 12.8. The van der Waals surface area contributed by atoms with Crippen molar-refractivity contribution in [3.05, 3.63) is 77.3 Å². The van der Waals surface area contributed by atoms with Crippen molar-refractivity contribution in [1.82, 2.24) is 20.2 Å². The Bertz CT molecular complexity index is 1470. The molecule has 1 amide bonds. The van der Waals surface area contributed by atoms with E-state index >= 15 is 0 Å². The summed E-state index contributed by atoms with van der Waals surface area (Å²) in [6, 6.07) is 20.5. The molecule has 0 unspecified atom stereocenters. The molecule has 4 aromatic rings. The van der Waals surface area contributed by atoms with E-state index in [1.807, 2.05) is 48.5 Å². The van der Waals surface area contributed by atoms with Gasteiger partial charge in [0.15, 0.2) is 11.6 Å². The fraction of sp³-hybridized carbons (Fsp3) is 0.276. The Morgan fingerprint density at radius 3 is 2.58 bits per heavy atom. The Kier molecular flexibility index (Phi) is 9.56. The quantitative estimate of drug-likeness (QED) is 0.155. The normalized spacial score (nSPS) is 13.7. The fourth-order valence-electron chi connectivity index (χ4n) is 4.25. The van der Waals surface area contributed by atoms with Gasteiger partial charge in [0.1, 0.15) is 5.75 Å². The van der Waals surface area contributed by atoms with Gasteiger partial charge in [0.2, 0.25) is 0 Å². The number of hydrogen-bond acceptors (Lipinski definition) is 9. The van der Waals surface area contributed by atoms with Gasteiger partial charge < -0.3 is 24.8 Å². The number of rotatable bonds is 11. The van der Waals surface area contributed by atoms with Gasteiger partial charge in [0.05, 0.1) is 42.1 Å². The van der Waals surface area contributed by atoms with E-state index in [9.17, 15) is 4.79 Å². The molecule has 0 atom stereocenters. The van der Waals surface area contributed by atoms with Gasteiger partial charge in [0.25, 0.3) is 5.91 Å². The molecule has 3 N–H and O–H groups in total. The number of nitrogens with one attached hydrogen (secondary N) is 3. The fourth-order valence-corrected chi connectivity index (χ4v) is 5.11. The Morgan fingerprint density at radius 2 is 1.80 bits per heavy atom. The lowest BCUT2D eigenvalue weighted by atomic mass is 10.2. The van der Waals surface area contributed by atoms with Crippen molar-refractivity contribution in [2.75, 3.05) is 56.5 Å². The second-order valence-corrected chi connectivity index (χ2v) is 10.5. The lowest BCUT2D eigenvalue weighted by molar-refractivity contribution is 0.0374. The first-order valence-electron chi connectivity index (χ1n) is 13.1. The van der Waals surface area contributed by atoms with Crippen LogP contribution < -0.4 is 20.1 Å². The largest absolute Gasteiger partial charge is 0.497 e. The minimum atomic E-state index is -0.0926. The van der Waals surface area contributed by atoms with Crippen LogP contribution in [0.2, 0.25) is 5.02 Å². The van der Waals surface area contributed by atoms with Crippen LogP contribution in [0, 0.1) is 0 Å². The van der Waals surface area contributed by atoms with Crippen LogP contribution in [0.1, 0.15) is 16.8 Å². The van der Waals surface area contributed by atoms with Crippen LogP contribution >= 0.6 is 23.5 Å². The van der Waals surface area contributed by atoms with E-state index in [1.54, 1.807) is 25.3 Å². The van der Waals surface area contributed by atoms with Crippen molar-refractivity contribution < 1.29 is 14.3 Å². The van der Waals surface area contributed by atoms with Crippen molar-refractivity contribution in [3.63, 3.8) is 0 Å². The molecule has 0 spiro atoms. The highest BCUT2D eigenvalue weighted by Gasteiger charge is 2.14. The molecule has 5 rings (SSSR count). The number of carbonyl (C=O) groups excluding carboxylic acids is 1. The number of ether oxygens (including phenoxy) is 2. The van der Waals surface area contributed by atoms with Gasteiger partial charge in [-0.3, -0.25) is 9.69 Å². The zero-order valence-electron chi connectivity index (χ0n) is 22.2. The number of hydrogen-bond donors (Lipinski definition) is 3. The van der Waals surface area contributed by atoms with Crippen molar-refractivity contribution >= 4 is 57.8 Å². The lowest BCUT2D eigenvalue weighted by Crippen LogP contribution is -2.38. The number of methoxy groups -OCH3 is 1. The molecule has 1 aliphatic rings. The average molecular weight is 579 g/mol. The van der Waals surface area contributed by atoms with Crippen LogP contribution in [-0.4, -0.2) is 67.3 Å². The number of aromatic nitrogens is 2. The van der Waals surface area contributed by atoms with Gasteiger partial charge >= 0.3 is 0 Å². The number of carbonyl (C=O) groups is 1. The number of para-hydroxylation sites is 2. The van der Waals surface area contributed by atoms with Crippen LogP contribution in [-0.2, 0) is 4.74 Å². The van der Waals surface area contributed by atoms with E-state index in [0.29, 0.717) is 40.2 Å². The van der Waals surface area contributed by atoms with Gasteiger partial charge in [-0.25, -0.2) is 9.97 Å². The van der Waals surface area contributed by atoms with Gasteiger partial charge in [-0.05, 0) is 67.4 Å². The van der Waals surface area contributed by atoms with Crippen LogP contribution in [0.25, 0.3) is 11.0 Å². The first-order chi connectivity index (χ1) is 19.6. The van der Waals surface area contributed by atoms with E-state index in [-0.39, 0.29) is 5.91 Å². The molecule has 11 heteroatoms. The van der Waals surface area contributed by atoms with E-state index < -0.39 is 0 Å². The van der Waals surface area contributed by atoms with E-state index in [4.69, 9.17) is 31.0 Å². The summed E-state index contributed by atoms with van der Waals surface area (Å²) in [5, 5.41) is 6.84. The monoisotopic (exact) mass is 578 g/mol. The van der Waals surface area contributed by atoms with Crippen LogP contribution in [0.15, 0.2) is 71.6 Å². The molecule has 9 nitrogen and oxygen atoms in total. The molecule has 0 saturated carbocycles. The Balaban J connectivity index is 1.26. The second-order valence-electron chi connectivity index (χ2n) is 9.18. The third-order valence-electron chi connectivity index (χ3n) is 6.40. The van der Waals surface area contributed by atoms with Crippen LogP contribution in [0.5, 0.6) is 5.75 Å². The predicted molar refractivity (Wildman–Crippen MR) is 161 cm³/mol. The molecule has 2 heterocycles. The average Bonchev–Trinajstić information content (AvgIpc) is 3.00. The molecule has 208 valence electrons. The van der Waals surface area contributed by atoms with Gasteiger partial charge in [-0.1, -0.05) is 29.8 Å². The molecule has 0 aliphatic carbocycles. The summed E-state index contributed by atoms with van der Waals surface area (Å²) in [5.74, 6) is 1.61.